The van der Waals surface area contributed by atoms with E-state index >= 15 is 0 Å². The summed E-state index contributed by atoms with van der Waals surface area (Å²) in [6.07, 6.45) is 4.87. The van der Waals surface area contributed by atoms with Gasteiger partial charge in [0.05, 0.1) is 17.4 Å². The summed E-state index contributed by atoms with van der Waals surface area (Å²) < 4.78 is 13.4. The number of nitrogens with zero attached hydrogens (tertiary/aromatic N) is 4. The van der Waals surface area contributed by atoms with Gasteiger partial charge in [0.25, 0.3) is 0 Å². The number of hydrogen-bond donors (Lipinski definition) is 5. The molecule has 0 bridgehead atoms. The van der Waals surface area contributed by atoms with Crippen LogP contribution < -0.4 is 5.32 Å². The van der Waals surface area contributed by atoms with Crippen LogP contribution in [0.5, 0.6) is 5.75 Å². The van der Waals surface area contributed by atoms with Gasteiger partial charge in [-0.05, 0) is 36.6 Å². The first-order valence-electron chi connectivity index (χ1n) is 8.60. The lowest BCUT2D eigenvalue weighted by molar-refractivity contribution is 0.477. The molecular weight excluding hydrogens is 449 g/mol. The molecule has 1 aromatic carbocycles. The third-order valence-corrected chi connectivity index (χ3v) is 5.66. The van der Waals surface area contributed by atoms with E-state index in [4.69, 9.17) is 0 Å². The Hall–Kier alpha value is -1.69. The number of anilines is 1. The average Bonchev–Trinajstić information content (AvgIpc) is 3.47. The molecule has 0 radical (unpaired) electrons. The van der Waals surface area contributed by atoms with Crippen LogP contribution in [-0.2, 0) is 0 Å². The molecule has 4 rings (SSSR count). The molecule has 0 atom stereocenters. The molecule has 0 saturated heterocycles. The Morgan fingerprint density at radius 1 is 1.07 bits per heavy atom. The number of aromatic nitrogens is 4. The third-order valence-electron chi connectivity index (χ3n) is 4.13. The Morgan fingerprint density at radius 2 is 1.86 bits per heavy atom. The van der Waals surface area contributed by atoms with Gasteiger partial charge in [-0.2, -0.15) is 0 Å². The van der Waals surface area contributed by atoms with Crippen LogP contribution in [0.3, 0.4) is 0 Å². The Morgan fingerprint density at radius 3 is 2.48 bits per heavy atom. The first-order valence-corrected chi connectivity index (χ1v) is 10.8. The van der Waals surface area contributed by atoms with Gasteiger partial charge in [0.2, 0.25) is 5.95 Å². The molecule has 1 fully saturated rings. The van der Waals surface area contributed by atoms with Crippen molar-refractivity contribution >= 4 is 55.6 Å². The van der Waals surface area contributed by atoms with Crippen molar-refractivity contribution in [2.45, 2.75) is 26.7 Å². The highest BCUT2D eigenvalue weighted by molar-refractivity contribution is 8.36. The molecule has 0 unspecified atom stereocenters. The first kappa shape index (κ1) is 20.6. The average molecular weight is 466 g/mol. The Labute approximate surface area is 187 Å². The van der Waals surface area contributed by atoms with E-state index in [2.05, 4.69) is 63.4 Å². The number of pyridine rings is 1. The second-order valence-corrected chi connectivity index (χ2v) is 11.7. The van der Waals surface area contributed by atoms with E-state index in [-0.39, 0.29) is 11.3 Å². The molecular formula is C18H16FN5OS4. The van der Waals surface area contributed by atoms with Crippen LogP contribution in [0.2, 0.25) is 0 Å². The highest BCUT2D eigenvalue weighted by Gasteiger charge is 2.22. The standard InChI is InChI=1S/C18H16FN5OS4/c19-13-7-20-16(29-18(26,27)28)6-12(13)9-1-4-11(15(25)5-9)14-8-21-17(24-23-14)22-10-2-3-10/h1,4-8,10,25-28H,2-3H2,(H,21,22,24). The van der Waals surface area contributed by atoms with Crippen LogP contribution in [0, 0.1) is 5.82 Å². The van der Waals surface area contributed by atoms with Crippen molar-refractivity contribution in [3.8, 4) is 28.1 Å². The number of rotatable bonds is 6. The van der Waals surface area contributed by atoms with Gasteiger partial charge in [-0.15, -0.1) is 48.1 Å². The summed E-state index contributed by atoms with van der Waals surface area (Å²) in [4.78, 5) is 8.24. The van der Waals surface area contributed by atoms with Crippen LogP contribution in [0.1, 0.15) is 12.8 Å². The van der Waals surface area contributed by atoms with Crippen LogP contribution >= 0.6 is 49.6 Å². The summed E-state index contributed by atoms with van der Waals surface area (Å²) in [5.74, 6) is -0.106. The fourth-order valence-electron chi connectivity index (χ4n) is 2.63. The minimum atomic E-state index is -0.958. The smallest absolute Gasteiger partial charge is 0.242 e. The number of thioether (sulfide) groups is 1. The molecule has 2 heterocycles. The number of phenolic OH excluding ortho intramolecular Hbond substituents is 1. The Balaban J connectivity index is 1.61. The van der Waals surface area contributed by atoms with Crippen molar-refractivity contribution in [2.24, 2.45) is 0 Å². The Bertz CT molecular complexity index is 1040. The third kappa shape index (κ3) is 5.27. The van der Waals surface area contributed by atoms with Gasteiger partial charge in [-0.3, -0.25) is 0 Å². The predicted molar refractivity (Wildman–Crippen MR) is 122 cm³/mol. The van der Waals surface area contributed by atoms with Crippen molar-refractivity contribution in [1.82, 2.24) is 20.2 Å². The second kappa shape index (κ2) is 8.21. The van der Waals surface area contributed by atoms with Crippen molar-refractivity contribution in [3.63, 3.8) is 0 Å². The normalized spacial score (nSPS) is 14.1. The second-order valence-electron chi connectivity index (χ2n) is 6.50. The molecule has 11 heteroatoms. The minimum Gasteiger partial charge on any atom is -0.507 e. The number of nitrogens with one attached hydrogen (secondary N) is 1. The lowest BCUT2D eigenvalue weighted by Gasteiger charge is -2.15. The van der Waals surface area contributed by atoms with Crippen molar-refractivity contribution in [1.29, 1.82) is 0 Å². The van der Waals surface area contributed by atoms with Gasteiger partial charge in [-0.25, -0.2) is 14.4 Å². The van der Waals surface area contributed by atoms with Crippen molar-refractivity contribution < 1.29 is 9.50 Å². The molecule has 0 amide bonds. The zero-order valence-corrected chi connectivity index (χ0v) is 18.3. The molecule has 150 valence electrons. The van der Waals surface area contributed by atoms with E-state index in [1.807, 2.05) is 0 Å². The lowest BCUT2D eigenvalue weighted by Crippen LogP contribution is -2.06. The van der Waals surface area contributed by atoms with E-state index in [0.717, 1.165) is 30.8 Å². The number of halogens is 1. The molecule has 6 nitrogen and oxygen atoms in total. The molecule has 3 aromatic rings. The van der Waals surface area contributed by atoms with Crippen molar-refractivity contribution in [2.75, 3.05) is 5.32 Å². The number of thiol groups is 3. The van der Waals surface area contributed by atoms with E-state index in [0.29, 0.717) is 33.8 Å². The van der Waals surface area contributed by atoms with Gasteiger partial charge in [-0.1, -0.05) is 17.8 Å². The molecule has 2 N–H and O–H groups in total. The molecule has 1 aliphatic rings. The van der Waals surface area contributed by atoms with Crippen LogP contribution in [0.4, 0.5) is 10.3 Å². The van der Waals surface area contributed by atoms with Gasteiger partial charge >= 0.3 is 0 Å². The minimum absolute atomic E-state index is 0.0566. The van der Waals surface area contributed by atoms with Crippen LogP contribution in [-0.4, -0.2) is 34.1 Å². The largest absolute Gasteiger partial charge is 0.507 e. The first-order chi connectivity index (χ1) is 13.8. The zero-order valence-electron chi connectivity index (χ0n) is 14.8. The number of hydrogen-bond acceptors (Lipinski definition) is 10. The summed E-state index contributed by atoms with van der Waals surface area (Å²) in [5, 5.41) is 22.3. The molecule has 0 aliphatic heterocycles. The van der Waals surface area contributed by atoms with E-state index < -0.39 is 8.56 Å². The lowest BCUT2D eigenvalue weighted by atomic mass is 10.0. The van der Waals surface area contributed by atoms with E-state index in [1.54, 1.807) is 24.4 Å². The SMILES string of the molecule is Oc1cc(-c2cc(SC(S)(S)S)ncc2F)ccc1-c1cnc(NC2CC2)nn1. The molecule has 29 heavy (non-hydrogen) atoms. The van der Waals surface area contributed by atoms with Gasteiger partial charge in [0.1, 0.15) is 17.3 Å². The topological polar surface area (TPSA) is 83.8 Å². The Kier molecular flexibility index (Phi) is 5.83. The van der Waals surface area contributed by atoms with E-state index in [9.17, 15) is 9.50 Å². The summed E-state index contributed by atoms with van der Waals surface area (Å²) in [6.45, 7) is 0. The summed E-state index contributed by atoms with van der Waals surface area (Å²) >= 11 is 13.8. The summed E-state index contributed by atoms with van der Waals surface area (Å²) in [7, 11) is 0. The zero-order chi connectivity index (χ0) is 20.6. The van der Waals surface area contributed by atoms with Gasteiger partial charge in [0.15, 0.2) is 2.74 Å². The van der Waals surface area contributed by atoms with Gasteiger partial charge < -0.3 is 10.4 Å². The van der Waals surface area contributed by atoms with E-state index in [1.165, 1.54) is 6.07 Å². The maximum Gasteiger partial charge on any atom is 0.242 e. The van der Waals surface area contributed by atoms with Gasteiger partial charge in [0, 0.05) is 17.2 Å². The maximum atomic E-state index is 14.3. The number of aromatic hydroxyl groups is 1. The summed E-state index contributed by atoms with van der Waals surface area (Å²) in [6, 6.07) is 6.79. The highest BCUT2D eigenvalue weighted by Crippen LogP contribution is 2.43. The highest BCUT2D eigenvalue weighted by atomic mass is 32.3. The monoisotopic (exact) mass is 465 g/mol. The summed E-state index contributed by atoms with van der Waals surface area (Å²) in [5.41, 5.74) is 1.66. The molecule has 1 aliphatic carbocycles. The molecule has 0 spiro atoms. The fourth-order valence-corrected chi connectivity index (χ4v) is 4.03. The van der Waals surface area contributed by atoms with Crippen LogP contribution in [0.25, 0.3) is 22.4 Å². The maximum absolute atomic E-state index is 14.3. The number of benzene rings is 1. The molecule has 1 saturated carbocycles. The fraction of sp³-hybridized carbons (Fsp3) is 0.222. The van der Waals surface area contributed by atoms with Crippen LogP contribution in [0.15, 0.2) is 41.7 Å². The van der Waals surface area contributed by atoms with Crippen molar-refractivity contribution in [3.05, 3.63) is 42.5 Å². The quantitative estimate of drug-likeness (QED) is 0.208. The predicted octanol–water partition coefficient (Wildman–Crippen LogP) is 4.51. The number of phenols is 1. The molecule has 2 aromatic heterocycles.